The highest BCUT2D eigenvalue weighted by atomic mass is 35.5. The average molecular weight is 276 g/mol. The van der Waals surface area contributed by atoms with Crippen molar-refractivity contribution in [3.8, 4) is 0 Å². The van der Waals surface area contributed by atoms with Gasteiger partial charge in [0, 0.05) is 5.02 Å². The zero-order chi connectivity index (χ0) is 13.4. The molecule has 2 amide bonds. The molecule has 4 heteroatoms. The lowest BCUT2D eigenvalue weighted by molar-refractivity contribution is -0.140. The molecule has 1 saturated heterocycles. The van der Waals surface area contributed by atoms with E-state index in [0.29, 0.717) is 24.4 Å². The lowest BCUT2D eigenvalue weighted by Gasteiger charge is -2.14. The van der Waals surface area contributed by atoms with Gasteiger partial charge in [0.05, 0.1) is 18.4 Å². The third-order valence-corrected chi connectivity index (χ3v) is 4.06. The first kappa shape index (κ1) is 12.4. The summed E-state index contributed by atoms with van der Waals surface area (Å²) in [6.45, 7) is 0.325. The summed E-state index contributed by atoms with van der Waals surface area (Å²) in [5.74, 6) is -0.396. The smallest absolute Gasteiger partial charge is 0.233 e. The largest absolute Gasteiger partial charge is 0.278 e. The molecule has 1 aromatic carbocycles. The van der Waals surface area contributed by atoms with E-state index in [1.165, 1.54) is 4.90 Å². The lowest BCUT2D eigenvalue weighted by Crippen LogP contribution is -2.30. The molecular formula is C15H14ClNO2. The molecule has 1 aromatic rings. The number of allylic oxidation sites excluding steroid dienone is 2. The molecule has 1 aliphatic carbocycles. The Morgan fingerprint density at radius 1 is 1.11 bits per heavy atom. The van der Waals surface area contributed by atoms with E-state index in [9.17, 15) is 9.59 Å². The standard InChI is InChI=1S/C15H14ClNO2/c16-11-5-3-4-10(8-11)9-17-14(18)12-6-1-2-7-13(12)15(17)19/h1-5,8,12-13H,6-7,9H2/t12-,13-/m0/s1. The molecule has 1 fully saturated rings. The van der Waals surface area contributed by atoms with Crippen LogP contribution in [0.15, 0.2) is 36.4 Å². The van der Waals surface area contributed by atoms with E-state index in [-0.39, 0.29) is 23.7 Å². The van der Waals surface area contributed by atoms with Crippen molar-refractivity contribution in [1.82, 2.24) is 4.90 Å². The molecule has 3 nitrogen and oxygen atoms in total. The molecule has 98 valence electrons. The van der Waals surface area contributed by atoms with Crippen LogP contribution >= 0.6 is 11.6 Å². The minimum absolute atomic E-state index is 0.0423. The second-order valence-electron chi connectivity index (χ2n) is 5.05. The predicted octanol–water partition coefficient (Wildman–Crippen LogP) is 2.79. The number of hydrogen-bond donors (Lipinski definition) is 0. The van der Waals surface area contributed by atoms with E-state index in [1.54, 1.807) is 12.1 Å². The Hall–Kier alpha value is -1.61. The summed E-state index contributed by atoms with van der Waals surface area (Å²) >= 11 is 5.93. The van der Waals surface area contributed by atoms with Gasteiger partial charge in [0.1, 0.15) is 0 Å². The monoisotopic (exact) mass is 275 g/mol. The Labute approximate surface area is 116 Å². The molecule has 0 unspecified atom stereocenters. The van der Waals surface area contributed by atoms with E-state index in [4.69, 9.17) is 11.6 Å². The summed E-state index contributed by atoms with van der Waals surface area (Å²) in [6.07, 6.45) is 5.35. The van der Waals surface area contributed by atoms with Crippen LogP contribution in [0.1, 0.15) is 18.4 Å². The first-order valence-electron chi connectivity index (χ1n) is 6.41. The number of halogens is 1. The summed E-state index contributed by atoms with van der Waals surface area (Å²) in [7, 11) is 0. The van der Waals surface area contributed by atoms with Gasteiger partial charge < -0.3 is 0 Å². The molecule has 0 spiro atoms. The predicted molar refractivity (Wildman–Crippen MR) is 72.4 cm³/mol. The third-order valence-electron chi connectivity index (χ3n) is 3.83. The van der Waals surface area contributed by atoms with Crippen LogP contribution in [-0.2, 0) is 16.1 Å². The van der Waals surface area contributed by atoms with Crippen molar-refractivity contribution in [2.45, 2.75) is 19.4 Å². The van der Waals surface area contributed by atoms with Gasteiger partial charge >= 0.3 is 0 Å². The second-order valence-corrected chi connectivity index (χ2v) is 5.48. The highest BCUT2D eigenvalue weighted by Gasteiger charge is 2.46. The van der Waals surface area contributed by atoms with Gasteiger partial charge in [0.15, 0.2) is 0 Å². The fourth-order valence-corrected chi connectivity index (χ4v) is 3.06. The van der Waals surface area contributed by atoms with Crippen molar-refractivity contribution >= 4 is 23.4 Å². The van der Waals surface area contributed by atoms with Gasteiger partial charge in [0.2, 0.25) is 11.8 Å². The zero-order valence-electron chi connectivity index (χ0n) is 10.4. The summed E-state index contributed by atoms with van der Waals surface area (Å²) in [5, 5.41) is 0.621. The number of rotatable bonds is 2. The number of imide groups is 1. The Balaban J connectivity index is 1.82. The minimum atomic E-state index is -0.156. The summed E-state index contributed by atoms with van der Waals surface area (Å²) in [4.78, 5) is 25.9. The molecular weight excluding hydrogens is 262 g/mol. The number of amides is 2. The molecule has 2 atom stereocenters. The Morgan fingerprint density at radius 3 is 2.32 bits per heavy atom. The number of carbonyl (C=O) groups excluding carboxylic acids is 2. The van der Waals surface area contributed by atoms with Gasteiger partial charge in [-0.15, -0.1) is 0 Å². The molecule has 1 aliphatic heterocycles. The van der Waals surface area contributed by atoms with Crippen molar-refractivity contribution in [2.75, 3.05) is 0 Å². The maximum Gasteiger partial charge on any atom is 0.233 e. The molecule has 0 radical (unpaired) electrons. The molecule has 2 aliphatic rings. The number of benzene rings is 1. The van der Waals surface area contributed by atoms with Crippen LogP contribution in [0.25, 0.3) is 0 Å². The molecule has 0 N–H and O–H groups in total. The number of fused-ring (bicyclic) bond motifs is 1. The molecule has 0 bridgehead atoms. The van der Waals surface area contributed by atoms with Gasteiger partial charge in [-0.25, -0.2) is 0 Å². The van der Waals surface area contributed by atoms with E-state index in [0.717, 1.165) is 5.56 Å². The summed E-state index contributed by atoms with van der Waals surface area (Å²) < 4.78 is 0. The summed E-state index contributed by atoms with van der Waals surface area (Å²) in [6, 6.07) is 7.29. The van der Waals surface area contributed by atoms with Crippen molar-refractivity contribution in [2.24, 2.45) is 11.8 Å². The maximum atomic E-state index is 12.3. The lowest BCUT2D eigenvalue weighted by atomic mass is 9.85. The number of nitrogens with zero attached hydrogens (tertiary/aromatic N) is 1. The number of likely N-dealkylation sites (tertiary alicyclic amines) is 1. The second kappa shape index (κ2) is 4.82. The Kier molecular flexibility index (Phi) is 3.15. The van der Waals surface area contributed by atoms with Gasteiger partial charge in [-0.1, -0.05) is 35.9 Å². The molecule has 0 saturated carbocycles. The topological polar surface area (TPSA) is 37.4 Å². The molecule has 19 heavy (non-hydrogen) atoms. The SMILES string of the molecule is O=C1[C@H]2CC=CC[C@@H]2C(=O)N1Cc1cccc(Cl)c1. The first-order chi connectivity index (χ1) is 9.16. The van der Waals surface area contributed by atoms with Crippen molar-refractivity contribution in [1.29, 1.82) is 0 Å². The number of hydrogen-bond acceptors (Lipinski definition) is 2. The molecule has 1 heterocycles. The van der Waals surface area contributed by atoms with Crippen LogP contribution < -0.4 is 0 Å². The molecule has 0 aromatic heterocycles. The maximum absolute atomic E-state index is 12.3. The van der Waals surface area contributed by atoms with Gasteiger partial charge in [-0.2, -0.15) is 0 Å². The van der Waals surface area contributed by atoms with Gasteiger partial charge in [-0.3, -0.25) is 14.5 Å². The Morgan fingerprint density at radius 2 is 1.74 bits per heavy atom. The third kappa shape index (κ3) is 2.19. The first-order valence-corrected chi connectivity index (χ1v) is 6.79. The molecule has 3 rings (SSSR count). The van der Waals surface area contributed by atoms with Crippen molar-refractivity contribution in [3.63, 3.8) is 0 Å². The van der Waals surface area contributed by atoms with E-state index < -0.39 is 0 Å². The van der Waals surface area contributed by atoms with E-state index in [1.807, 2.05) is 24.3 Å². The highest BCUT2D eigenvalue weighted by Crippen LogP contribution is 2.35. The van der Waals surface area contributed by atoms with Crippen LogP contribution in [0, 0.1) is 11.8 Å². The van der Waals surface area contributed by atoms with Crippen LogP contribution in [0.5, 0.6) is 0 Å². The zero-order valence-corrected chi connectivity index (χ0v) is 11.1. The van der Waals surface area contributed by atoms with E-state index >= 15 is 0 Å². The van der Waals surface area contributed by atoms with Crippen LogP contribution in [-0.4, -0.2) is 16.7 Å². The fourth-order valence-electron chi connectivity index (χ4n) is 2.84. The van der Waals surface area contributed by atoms with Crippen LogP contribution in [0.4, 0.5) is 0 Å². The highest BCUT2D eigenvalue weighted by molar-refractivity contribution is 6.30. The quantitative estimate of drug-likeness (QED) is 0.615. The van der Waals surface area contributed by atoms with Crippen LogP contribution in [0.2, 0.25) is 5.02 Å². The summed E-state index contributed by atoms with van der Waals surface area (Å²) in [5.41, 5.74) is 0.890. The van der Waals surface area contributed by atoms with Crippen molar-refractivity contribution in [3.05, 3.63) is 47.0 Å². The van der Waals surface area contributed by atoms with Gasteiger partial charge in [-0.05, 0) is 30.5 Å². The average Bonchev–Trinajstić information content (AvgIpc) is 2.65. The number of carbonyl (C=O) groups is 2. The van der Waals surface area contributed by atoms with Gasteiger partial charge in [0.25, 0.3) is 0 Å². The Bertz CT molecular complexity index is 541. The minimum Gasteiger partial charge on any atom is -0.278 e. The van der Waals surface area contributed by atoms with E-state index in [2.05, 4.69) is 0 Å². The van der Waals surface area contributed by atoms with Crippen molar-refractivity contribution < 1.29 is 9.59 Å². The normalized spacial score (nSPS) is 25.8. The van der Waals surface area contributed by atoms with Crippen LogP contribution in [0.3, 0.4) is 0 Å². The fraction of sp³-hybridized carbons (Fsp3) is 0.333.